The molecule has 0 unspecified atom stereocenters. The highest BCUT2D eigenvalue weighted by atomic mass is 16.5. The van der Waals surface area contributed by atoms with E-state index in [-0.39, 0.29) is 0 Å². The molecule has 0 amide bonds. The molecule has 0 aromatic carbocycles. The fourth-order valence-corrected chi connectivity index (χ4v) is 1.74. The predicted molar refractivity (Wildman–Crippen MR) is 80.6 cm³/mol. The van der Waals surface area contributed by atoms with E-state index in [1.165, 1.54) is 12.0 Å². The Hall–Kier alpha value is -0.840. The van der Waals surface area contributed by atoms with Crippen LogP contribution in [0.25, 0.3) is 0 Å². The Morgan fingerprint density at radius 3 is 2.75 bits per heavy atom. The minimum absolute atomic E-state index is 0.515. The topological polar surface area (TPSA) is 43.6 Å². The highest BCUT2D eigenvalue weighted by Crippen LogP contribution is 2.09. The molecule has 20 heavy (non-hydrogen) atoms. The highest BCUT2D eigenvalue weighted by Gasteiger charge is 2.02. The van der Waals surface area contributed by atoms with Crippen molar-refractivity contribution in [1.82, 2.24) is 5.32 Å². The van der Waals surface area contributed by atoms with Crippen molar-refractivity contribution < 1.29 is 13.9 Å². The zero-order chi connectivity index (χ0) is 14.6. The van der Waals surface area contributed by atoms with Crippen molar-refractivity contribution in [2.24, 2.45) is 5.92 Å². The first kappa shape index (κ1) is 17.2. The number of hydrogen-bond acceptors (Lipinski definition) is 4. The zero-order valence-electron chi connectivity index (χ0n) is 13.1. The Morgan fingerprint density at radius 1 is 1.20 bits per heavy atom. The Balaban J connectivity index is 2.05. The van der Waals surface area contributed by atoms with E-state index in [9.17, 15) is 0 Å². The van der Waals surface area contributed by atoms with Crippen LogP contribution in [0.4, 0.5) is 0 Å². The van der Waals surface area contributed by atoms with Crippen molar-refractivity contribution in [2.75, 3.05) is 26.4 Å². The molecule has 1 aromatic rings. The summed E-state index contributed by atoms with van der Waals surface area (Å²) >= 11 is 0. The van der Waals surface area contributed by atoms with Gasteiger partial charge in [-0.1, -0.05) is 27.2 Å². The first-order valence-electron chi connectivity index (χ1n) is 7.64. The third-order valence-electron chi connectivity index (χ3n) is 2.85. The van der Waals surface area contributed by atoms with Gasteiger partial charge in [-0.15, -0.1) is 0 Å². The van der Waals surface area contributed by atoms with E-state index in [0.717, 1.165) is 31.9 Å². The summed E-state index contributed by atoms with van der Waals surface area (Å²) in [4.78, 5) is 0. The second-order valence-corrected chi connectivity index (χ2v) is 5.46. The van der Waals surface area contributed by atoms with Crippen LogP contribution in [0.5, 0.6) is 0 Å². The average Bonchev–Trinajstić information content (AvgIpc) is 2.85. The largest absolute Gasteiger partial charge is 0.467 e. The maximum Gasteiger partial charge on any atom is 0.129 e. The molecule has 0 aliphatic heterocycles. The van der Waals surface area contributed by atoms with Gasteiger partial charge < -0.3 is 19.2 Å². The van der Waals surface area contributed by atoms with Gasteiger partial charge in [-0.2, -0.15) is 0 Å². The van der Waals surface area contributed by atoms with Crippen LogP contribution in [0.3, 0.4) is 0 Å². The second kappa shape index (κ2) is 10.9. The van der Waals surface area contributed by atoms with Gasteiger partial charge in [0.15, 0.2) is 0 Å². The Labute approximate surface area is 122 Å². The number of hydrogen-bond donors (Lipinski definition) is 1. The lowest BCUT2D eigenvalue weighted by molar-refractivity contribution is 0.0339. The molecule has 0 saturated heterocycles. The number of rotatable bonds is 12. The summed E-state index contributed by atoms with van der Waals surface area (Å²) in [6.07, 6.45) is 4.08. The predicted octanol–water partition coefficient (Wildman–Crippen LogP) is 3.36. The fourth-order valence-electron chi connectivity index (χ4n) is 1.74. The third kappa shape index (κ3) is 8.35. The first-order valence-corrected chi connectivity index (χ1v) is 7.64. The molecule has 4 nitrogen and oxygen atoms in total. The van der Waals surface area contributed by atoms with E-state index in [1.807, 2.05) is 6.07 Å². The maximum absolute atomic E-state index is 5.52. The van der Waals surface area contributed by atoms with Gasteiger partial charge >= 0.3 is 0 Å². The molecule has 0 aliphatic carbocycles. The molecule has 1 heterocycles. The SMILES string of the molecule is CCCCOCCOCc1cc(CNCC(C)C)co1. The molecule has 1 aromatic heterocycles. The maximum atomic E-state index is 5.52. The monoisotopic (exact) mass is 283 g/mol. The van der Waals surface area contributed by atoms with Crippen molar-refractivity contribution in [2.45, 2.75) is 46.8 Å². The molecular formula is C16H29NO3. The molecular weight excluding hydrogens is 254 g/mol. The van der Waals surface area contributed by atoms with E-state index in [1.54, 1.807) is 6.26 Å². The lowest BCUT2D eigenvalue weighted by Crippen LogP contribution is -2.18. The normalized spacial score (nSPS) is 11.4. The third-order valence-corrected chi connectivity index (χ3v) is 2.85. The Bertz CT molecular complexity index is 336. The molecule has 0 saturated carbocycles. The van der Waals surface area contributed by atoms with Gasteiger partial charge in [0, 0.05) is 18.7 Å². The lowest BCUT2D eigenvalue weighted by atomic mass is 10.2. The molecule has 1 N–H and O–H groups in total. The Kier molecular flexibility index (Phi) is 9.37. The van der Waals surface area contributed by atoms with Crippen LogP contribution in [-0.4, -0.2) is 26.4 Å². The minimum Gasteiger partial charge on any atom is -0.467 e. The summed E-state index contributed by atoms with van der Waals surface area (Å²) in [6, 6.07) is 2.05. The van der Waals surface area contributed by atoms with Crippen molar-refractivity contribution >= 4 is 0 Å². The van der Waals surface area contributed by atoms with Gasteiger partial charge in [0.2, 0.25) is 0 Å². The van der Waals surface area contributed by atoms with E-state index >= 15 is 0 Å². The minimum atomic E-state index is 0.515. The van der Waals surface area contributed by atoms with Crippen LogP contribution < -0.4 is 5.32 Å². The lowest BCUT2D eigenvalue weighted by Gasteiger charge is -2.05. The van der Waals surface area contributed by atoms with Crippen molar-refractivity contribution in [3.05, 3.63) is 23.7 Å². The van der Waals surface area contributed by atoms with Crippen LogP contribution in [0.15, 0.2) is 16.7 Å². The highest BCUT2D eigenvalue weighted by molar-refractivity contribution is 5.11. The summed E-state index contributed by atoms with van der Waals surface area (Å²) in [5.74, 6) is 1.54. The van der Waals surface area contributed by atoms with Gasteiger partial charge in [-0.3, -0.25) is 0 Å². The van der Waals surface area contributed by atoms with Crippen molar-refractivity contribution in [3.63, 3.8) is 0 Å². The zero-order valence-corrected chi connectivity index (χ0v) is 13.1. The number of nitrogens with one attached hydrogen (secondary N) is 1. The molecule has 0 spiro atoms. The molecule has 0 atom stereocenters. The van der Waals surface area contributed by atoms with Crippen LogP contribution in [-0.2, 0) is 22.6 Å². The van der Waals surface area contributed by atoms with Crippen molar-refractivity contribution in [1.29, 1.82) is 0 Å². The summed E-state index contributed by atoms with van der Waals surface area (Å²) < 4.78 is 16.4. The van der Waals surface area contributed by atoms with Crippen LogP contribution in [0, 0.1) is 5.92 Å². The summed E-state index contributed by atoms with van der Waals surface area (Å²) in [5, 5.41) is 3.39. The number of furan rings is 1. The number of ether oxygens (including phenoxy) is 2. The molecule has 4 heteroatoms. The van der Waals surface area contributed by atoms with E-state index in [0.29, 0.717) is 25.7 Å². The second-order valence-electron chi connectivity index (χ2n) is 5.46. The van der Waals surface area contributed by atoms with Crippen molar-refractivity contribution in [3.8, 4) is 0 Å². The molecule has 0 fully saturated rings. The summed E-state index contributed by atoms with van der Waals surface area (Å²) in [6.45, 7) is 11.0. The van der Waals surface area contributed by atoms with Crippen LogP contribution in [0.2, 0.25) is 0 Å². The van der Waals surface area contributed by atoms with Gasteiger partial charge in [0.05, 0.1) is 19.5 Å². The molecule has 116 valence electrons. The van der Waals surface area contributed by atoms with Gasteiger partial charge in [-0.05, 0) is 24.9 Å². The average molecular weight is 283 g/mol. The van der Waals surface area contributed by atoms with Crippen LogP contribution in [0.1, 0.15) is 44.9 Å². The van der Waals surface area contributed by atoms with Gasteiger partial charge in [-0.25, -0.2) is 0 Å². The summed E-state index contributed by atoms with van der Waals surface area (Å²) in [5.41, 5.74) is 1.17. The molecule has 0 radical (unpaired) electrons. The Morgan fingerprint density at radius 2 is 2.00 bits per heavy atom. The molecule has 0 aliphatic rings. The van der Waals surface area contributed by atoms with Crippen LogP contribution >= 0.6 is 0 Å². The number of unbranched alkanes of at least 4 members (excludes halogenated alkanes) is 1. The first-order chi connectivity index (χ1) is 9.72. The van der Waals surface area contributed by atoms with E-state index in [4.69, 9.17) is 13.9 Å². The standard InChI is InChI=1S/C16H29NO3/c1-4-5-6-18-7-8-19-13-16-9-15(12-20-16)11-17-10-14(2)3/h9,12,14,17H,4-8,10-11,13H2,1-3H3. The van der Waals surface area contributed by atoms with Gasteiger partial charge in [0.25, 0.3) is 0 Å². The van der Waals surface area contributed by atoms with E-state index < -0.39 is 0 Å². The fraction of sp³-hybridized carbons (Fsp3) is 0.750. The molecule has 0 bridgehead atoms. The smallest absolute Gasteiger partial charge is 0.129 e. The quantitative estimate of drug-likeness (QED) is 0.597. The van der Waals surface area contributed by atoms with E-state index in [2.05, 4.69) is 26.1 Å². The molecule has 1 rings (SSSR count). The van der Waals surface area contributed by atoms with Gasteiger partial charge in [0.1, 0.15) is 12.4 Å². The summed E-state index contributed by atoms with van der Waals surface area (Å²) in [7, 11) is 0.